The molecule has 0 spiro atoms. The minimum absolute atomic E-state index is 0.136. The zero-order chi connectivity index (χ0) is 16.2. The number of nitrogens with zero attached hydrogens (tertiary/aromatic N) is 1. The fourth-order valence-electron chi connectivity index (χ4n) is 3.26. The maximum absolute atomic E-state index is 11.1. The van der Waals surface area contributed by atoms with E-state index in [-0.39, 0.29) is 12.1 Å². The third-order valence-corrected chi connectivity index (χ3v) is 4.52. The van der Waals surface area contributed by atoms with Gasteiger partial charge < -0.3 is 14.6 Å². The molecule has 1 aliphatic heterocycles. The lowest BCUT2D eigenvalue weighted by molar-refractivity contribution is -0.0335. The predicted molar refractivity (Wildman–Crippen MR) is 88.2 cm³/mol. The molecule has 1 saturated heterocycles. The molecule has 0 aromatic heterocycles. The van der Waals surface area contributed by atoms with Gasteiger partial charge in [-0.05, 0) is 57.9 Å². The van der Waals surface area contributed by atoms with Gasteiger partial charge in [0.15, 0.2) is 0 Å². The molecular formula is C18H29NO3. The van der Waals surface area contributed by atoms with Crippen LogP contribution in [0, 0.1) is 0 Å². The van der Waals surface area contributed by atoms with Crippen LogP contribution in [-0.2, 0) is 10.3 Å². The van der Waals surface area contributed by atoms with Crippen LogP contribution in [0.1, 0.15) is 39.2 Å². The van der Waals surface area contributed by atoms with Crippen LogP contribution in [-0.4, -0.2) is 49.0 Å². The summed E-state index contributed by atoms with van der Waals surface area (Å²) in [6, 6.07) is 7.87. The molecule has 0 radical (unpaired) electrons. The molecule has 1 aromatic rings. The van der Waals surface area contributed by atoms with Crippen LogP contribution in [0.2, 0.25) is 0 Å². The highest BCUT2D eigenvalue weighted by molar-refractivity contribution is 5.31. The van der Waals surface area contributed by atoms with Gasteiger partial charge >= 0.3 is 0 Å². The summed E-state index contributed by atoms with van der Waals surface area (Å²) in [6.07, 6.45) is 2.39. The van der Waals surface area contributed by atoms with Crippen LogP contribution in [0.5, 0.6) is 5.75 Å². The Bertz CT molecular complexity index is 456. The first-order chi connectivity index (χ1) is 10.4. The minimum atomic E-state index is -0.861. The second-order valence-corrected chi connectivity index (χ2v) is 6.49. The lowest BCUT2D eigenvalue weighted by Crippen LogP contribution is -2.46. The molecule has 2 unspecified atom stereocenters. The largest absolute Gasteiger partial charge is 0.497 e. The van der Waals surface area contributed by atoms with Gasteiger partial charge in [-0.1, -0.05) is 12.1 Å². The number of benzene rings is 1. The van der Waals surface area contributed by atoms with E-state index in [1.165, 1.54) is 0 Å². The number of hydrogen-bond donors (Lipinski definition) is 1. The molecular weight excluding hydrogens is 278 g/mol. The predicted octanol–water partition coefficient (Wildman–Crippen LogP) is 2.79. The maximum atomic E-state index is 11.1. The van der Waals surface area contributed by atoms with Crippen molar-refractivity contribution in [3.63, 3.8) is 0 Å². The molecule has 4 heteroatoms. The second kappa shape index (κ2) is 7.44. The number of ether oxygens (including phenoxy) is 2. The van der Waals surface area contributed by atoms with E-state index in [0.717, 1.165) is 37.2 Å². The molecule has 2 rings (SSSR count). The quantitative estimate of drug-likeness (QED) is 0.841. The van der Waals surface area contributed by atoms with E-state index in [9.17, 15) is 5.11 Å². The third kappa shape index (κ3) is 4.00. The summed E-state index contributed by atoms with van der Waals surface area (Å²) in [5.74, 6) is 0.813. The zero-order valence-corrected chi connectivity index (χ0v) is 14.2. The molecule has 4 nitrogen and oxygen atoms in total. The molecule has 2 atom stereocenters. The van der Waals surface area contributed by atoms with E-state index < -0.39 is 5.60 Å². The van der Waals surface area contributed by atoms with E-state index in [1.54, 1.807) is 7.11 Å². The lowest BCUT2D eigenvalue weighted by Gasteiger charge is -2.37. The van der Waals surface area contributed by atoms with E-state index in [2.05, 4.69) is 18.7 Å². The minimum Gasteiger partial charge on any atom is -0.497 e. The van der Waals surface area contributed by atoms with Crippen molar-refractivity contribution < 1.29 is 14.6 Å². The Morgan fingerprint density at radius 1 is 1.32 bits per heavy atom. The van der Waals surface area contributed by atoms with Gasteiger partial charge in [0.05, 0.1) is 19.8 Å². The first kappa shape index (κ1) is 17.3. The van der Waals surface area contributed by atoms with Crippen LogP contribution in [0.4, 0.5) is 0 Å². The Kier molecular flexibility index (Phi) is 5.84. The SMILES string of the molecule is COc1ccc(C(C)(O)C2CCCN2CCOC(C)C)cc1. The first-order valence-electron chi connectivity index (χ1n) is 8.17. The molecule has 0 amide bonds. The average molecular weight is 307 g/mol. The number of aliphatic hydroxyl groups is 1. The highest BCUT2D eigenvalue weighted by Gasteiger charge is 2.40. The second-order valence-electron chi connectivity index (χ2n) is 6.49. The molecule has 1 fully saturated rings. The van der Waals surface area contributed by atoms with Crippen LogP contribution in [0.15, 0.2) is 24.3 Å². The van der Waals surface area contributed by atoms with Gasteiger partial charge in [-0.3, -0.25) is 4.90 Å². The van der Waals surface area contributed by atoms with Gasteiger partial charge in [0.25, 0.3) is 0 Å². The van der Waals surface area contributed by atoms with Crippen LogP contribution < -0.4 is 4.74 Å². The summed E-state index contributed by atoms with van der Waals surface area (Å²) < 4.78 is 10.9. The molecule has 0 bridgehead atoms. The van der Waals surface area contributed by atoms with Gasteiger partial charge in [-0.25, -0.2) is 0 Å². The van der Waals surface area contributed by atoms with Gasteiger partial charge in [0.1, 0.15) is 11.4 Å². The Balaban J connectivity index is 2.05. The Morgan fingerprint density at radius 3 is 2.59 bits per heavy atom. The molecule has 22 heavy (non-hydrogen) atoms. The number of methoxy groups -OCH3 is 1. The summed E-state index contributed by atoms with van der Waals surface area (Å²) in [6.45, 7) is 8.63. The van der Waals surface area contributed by atoms with Crippen molar-refractivity contribution in [2.24, 2.45) is 0 Å². The molecule has 124 valence electrons. The van der Waals surface area contributed by atoms with Gasteiger partial charge in [-0.15, -0.1) is 0 Å². The van der Waals surface area contributed by atoms with E-state index in [4.69, 9.17) is 9.47 Å². The summed E-state index contributed by atoms with van der Waals surface area (Å²) in [7, 11) is 1.65. The van der Waals surface area contributed by atoms with Gasteiger partial charge in [0, 0.05) is 12.6 Å². The summed E-state index contributed by atoms with van der Waals surface area (Å²) >= 11 is 0. The zero-order valence-electron chi connectivity index (χ0n) is 14.2. The van der Waals surface area contributed by atoms with Gasteiger partial charge in [-0.2, -0.15) is 0 Å². The first-order valence-corrected chi connectivity index (χ1v) is 8.17. The van der Waals surface area contributed by atoms with Gasteiger partial charge in [0.2, 0.25) is 0 Å². The van der Waals surface area contributed by atoms with Crippen molar-refractivity contribution in [1.29, 1.82) is 0 Å². The van der Waals surface area contributed by atoms with Crippen molar-refractivity contribution >= 4 is 0 Å². The summed E-state index contributed by atoms with van der Waals surface area (Å²) in [4.78, 5) is 2.35. The third-order valence-electron chi connectivity index (χ3n) is 4.52. The van der Waals surface area contributed by atoms with E-state index >= 15 is 0 Å². The van der Waals surface area contributed by atoms with Crippen LogP contribution in [0.25, 0.3) is 0 Å². The highest BCUT2D eigenvalue weighted by Crippen LogP contribution is 2.35. The fraction of sp³-hybridized carbons (Fsp3) is 0.667. The molecule has 0 aliphatic carbocycles. The number of likely N-dealkylation sites (tertiary alicyclic amines) is 1. The Morgan fingerprint density at radius 2 is 2.00 bits per heavy atom. The van der Waals surface area contributed by atoms with E-state index in [0.29, 0.717) is 6.61 Å². The van der Waals surface area contributed by atoms with Crippen molar-refractivity contribution in [1.82, 2.24) is 4.90 Å². The Hall–Kier alpha value is -1.10. The standard InChI is InChI=1S/C18H29NO3/c1-14(2)22-13-12-19-11-5-6-17(19)18(3,20)15-7-9-16(21-4)10-8-15/h7-10,14,17,20H,5-6,11-13H2,1-4H3. The van der Waals surface area contributed by atoms with Crippen LogP contribution >= 0.6 is 0 Å². The Labute approximate surface area is 134 Å². The smallest absolute Gasteiger partial charge is 0.118 e. The van der Waals surface area contributed by atoms with Crippen molar-refractivity contribution in [3.05, 3.63) is 29.8 Å². The van der Waals surface area contributed by atoms with Crippen molar-refractivity contribution in [2.45, 2.75) is 51.4 Å². The lowest BCUT2D eigenvalue weighted by atomic mass is 9.86. The highest BCUT2D eigenvalue weighted by atomic mass is 16.5. The normalized spacial score (nSPS) is 22.0. The number of rotatable bonds is 7. The summed E-state index contributed by atoms with van der Waals surface area (Å²) in [5.41, 5.74) is 0.0793. The van der Waals surface area contributed by atoms with E-state index in [1.807, 2.05) is 31.2 Å². The summed E-state index contributed by atoms with van der Waals surface area (Å²) in [5, 5.41) is 11.1. The van der Waals surface area contributed by atoms with Crippen molar-refractivity contribution in [3.8, 4) is 5.75 Å². The number of hydrogen-bond acceptors (Lipinski definition) is 4. The average Bonchev–Trinajstić information content (AvgIpc) is 2.96. The maximum Gasteiger partial charge on any atom is 0.118 e. The van der Waals surface area contributed by atoms with Crippen molar-refractivity contribution in [2.75, 3.05) is 26.8 Å². The molecule has 1 aromatic carbocycles. The topological polar surface area (TPSA) is 41.9 Å². The van der Waals surface area contributed by atoms with Crippen LogP contribution in [0.3, 0.4) is 0 Å². The fourth-order valence-corrected chi connectivity index (χ4v) is 3.26. The molecule has 1 N–H and O–H groups in total. The monoisotopic (exact) mass is 307 g/mol. The molecule has 1 heterocycles. The molecule has 0 saturated carbocycles. The molecule has 1 aliphatic rings.